The molecule has 0 saturated heterocycles. The minimum absolute atomic E-state index is 0.280. The first-order valence-electron chi connectivity index (χ1n) is 5.96. The summed E-state index contributed by atoms with van der Waals surface area (Å²) in [5.74, 6) is 3.04. The van der Waals surface area contributed by atoms with Gasteiger partial charge in [0, 0.05) is 0 Å². The van der Waals surface area contributed by atoms with Crippen molar-refractivity contribution in [3.63, 3.8) is 0 Å². The normalized spacial score (nSPS) is 10.5. The van der Waals surface area contributed by atoms with Gasteiger partial charge in [-0.2, -0.15) is 0 Å². The number of carboxylic acids is 1. The number of rotatable bonds is 3. The van der Waals surface area contributed by atoms with E-state index in [9.17, 15) is 4.79 Å². The number of carboxylic acid groups (broad SMARTS) is 1. The summed E-state index contributed by atoms with van der Waals surface area (Å²) in [5, 5.41) is 9.03. The van der Waals surface area contributed by atoms with Gasteiger partial charge < -0.3 is 0 Å². The summed E-state index contributed by atoms with van der Waals surface area (Å²) in [6, 6.07) is 9.04. The molecule has 19 heavy (non-hydrogen) atoms. The van der Waals surface area contributed by atoms with Crippen molar-refractivity contribution in [2.24, 2.45) is 0 Å². The Bertz CT molecular complexity index is 738. The van der Waals surface area contributed by atoms with Crippen LogP contribution in [0.15, 0.2) is 48.6 Å². The van der Waals surface area contributed by atoms with Gasteiger partial charge in [0.25, 0.3) is 0 Å². The van der Waals surface area contributed by atoms with Crippen LogP contribution in [-0.4, -0.2) is 27.5 Å². The van der Waals surface area contributed by atoms with Crippen molar-refractivity contribution < 1.29 is 9.90 Å². The van der Waals surface area contributed by atoms with Crippen LogP contribution in [0, 0.1) is 0 Å². The van der Waals surface area contributed by atoms with Crippen molar-refractivity contribution >= 4 is 23.9 Å². The van der Waals surface area contributed by atoms with E-state index in [1.807, 2.05) is 35.5 Å². The molecule has 0 aliphatic carbocycles. The quantitative estimate of drug-likeness (QED) is 0.774. The van der Waals surface area contributed by atoms with E-state index in [-0.39, 0.29) is 5.56 Å². The zero-order valence-electron chi connectivity index (χ0n) is 10.2. The van der Waals surface area contributed by atoms with E-state index >= 15 is 0 Å². The van der Waals surface area contributed by atoms with Gasteiger partial charge in [0.05, 0.1) is 0 Å². The van der Waals surface area contributed by atoms with E-state index in [0.29, 0.717) is 6.54 Å². The third kappa shape index (κ3) is 2.27. The Morgan fingerprint density at radius 1 is 1.26 bits per heavy atom. The van der Waals surface area contributed by atoms with Crippen molar-refractivity contribution in [2.75, 3.05) is 0 Å². The topological polar surface area (TPSA) is 55.1 Å². The minimum atomic E-state index is -0.922. The zero-order chi connectivity index (χ0) is 13.2. The number of benzene rings is 1. The van der Waals surface area contributed by atoms with Gasteiger partial charge in [0.15, 0.2) is 0 Å². The van der Waals surface area contributed by atoms with Crippen LogP contribution in [0.4, 0.5) is 0 Å². The summed E-state index contributed by atoms with van der Waals surface area (Å²) in [7, 11) is 0. The Hall–Kier alpha value is -2.43. The summed E-state index contributed by atoms with van der Waals surface area (Å²) < 4.78 is 1.96. The van der Waals surface area contributed by atoms with Gasteiger partial charge in [-0.05, 0) is 0 Å². The van der Waals surface area contributed by atoms with E-state index < -0.39 is 5.97 Å². The molecule has 2 heterocycles. The van der Waals surface area contributed by atoms with Crippen LogP contribution in [0.3, 0.4) is 0 Å². The summed E-state index contributed by atoms with van der Waals surface area (Å²) in [4.78, 5) is 15.3. The molecular formula is C14H11BN2O2. The molecule has 0 unspecified atom stereocenters. The molecule has 1 N–H and O–H groups in total. The van der Waals surface area contributed by atoms with Crippen LogP contribution in [0.1, 0.15) is 15.9 Å². The Balaban J connectivity index is 2.04. The van der Waals surface area contributed by atoms with Gasteiger partial charge in [-0.25, -0.2) is 0 Å². The first-order valence-corrected chi connectivity index (χ1v) is 5.96. The zero-order valence-corrected chi connectivity index (χ0v) is 10.2. The van der Waals surface area contributed by atoms with Gasteiger partial charge in [-0.3, -0.25) is 0 Å². The Morgan fingerprint density at radius 3 is 2.79 bits per heavy atom. The monoisotopic (exact) mass is 250 g/mol. The van der Waals surface area contributed by atoms with Gasteiger partial charge in [-0.15, -0.1) is 0 Å². The molecule has 0 fully saturated rings. The molecule has 4 nitrogen and oxygen atoms in total. The number of imidazole rings is 1. The second kappa shape index (κ2) is 4.68. The summed E-state index contributed by atoms with van der Waals surface area (Å²) in [6.07, 6.45) is 1.74. The van der Waals surface area contributed by atoms with Crippen molar-refractivity contribution in [3.8, 4) is 0 Å². The number of fused-ring (bicyclic) bond motifs is 1. The average Bonchev–Trinajstić information content (AvgIpc) is 2.82. The van der Waals surface area contributed by atoms with E-state index in [4.69, 9.17) is 5.11 Å². The van der Waals surface area contributed by atoms with Gasteiger partial charge >= 0.3 is 110 Å². The first-order chi connectivity index (χ1) is 9.24. The molecule has 5 heteroatoms. The maximum absolute atomic E-state index is 11.0. The van der Waals surface area contributed by atoms with E-state index in [1.165, 1.54) is 0 Å². The second-order valence-electron chi connectivity index (χ2n) is 4.37. The van der Waals surface area contributed by atoms with Crippen LogP contribution in [-0.2, 0) is 6.54 Å². The molecule has 0 atom stereocenters. The summed E-state index contributed by atoms with van der Waals surface area (Å²) in [5.41, 5.74) is 3.08. The third-order valence-electron chi connectivity index (χ3n) is 3.06. The van der Waals surface area contributed by atoms with E-state index in [1.54, 1.807) is 24.5 Å². The number of aromatic nitrogens is 2. The molecule has 3 rings (SSSR count). The fraction of sp³-hybridized carbons (Fsp3) is 0.0714. The molecule has 3 aromatic rings. The Morgan fingerprint density at radius 2 is 2.05 bits per heavy atom. The molecular weight excluding hydrogens is 239 g/mol. The summed E-state index contributed by atoms with van der Waals surface area (Å²) in [6.45, 7) is 2.65. The van der Waals surface area contributed by atoms with Gasteiger partial charge in [-0.1, -0.05) is 0 Å². The maximum atomic E-state index is 11.0. The fourth-order valence-electron chi connectivity index (χ4n) is 2.10. The SMILES string of the molecule is O=C(O)c1ccc2ncn(Cc3ccbcc3)c2c1. The third-order valence-corrected chi connectivity index (χ3v) is 3.06. The predicted molar refractivity (Wildman–Crippen MR) is 73.6 cm³/mol. The summed E-state index contributed by atoms with van der Waals surface area (Å²) >= 11 is 0. The van der Waals surface area contributed by atoms with Crippen LogP contribution in [0.25, 0.3) is 11.0 Å². The average molecular weight is 250 g/mol. The molecule has 2 aromatic heterocycles. The molecule has 0 spiro atoms. The Labute approximate surface area is 110 Å². The van der Waals surface area contributed by atoms with Crippen molar-refractivity contribution in [3.05, 3.63) is 59.7 Å². The van der Waals surface area contributed by atoms with Crippen LogP contribution in [0.5, 0.6) is 0 Å². The van der Waals surface area contributed by atoms with Crippen molar-refractivity contribution in [1.29, 1.82) is 0 Å². The van der Waals surface area contributed by atoms with Crippen LogP contribution in [0.2, 0.25) is 0 Å². The number of nitrogens with zero attached hydrogens (tertiary/aromatic N) is 2. The Kier molecular flexibility index (Phi) is 2.87. The second-order valence-corrected chi connectivity index (χ2v) is 4.37. The van der Waals surface area contributed by atoms with Crippen LogP contribution < -0.4 is 0 Å². The molecule has 0 amide bonds. The molecule has 92 valence electrons. The standard InChI is InChI=1S/C14H11BN2O2/c18-14(19)11-1-2-12-13(7-11)17(9-16-12)8-10-3-5-15-6-4-10/h1-7,9H,8H2,(H,18,19). The first kappa shape index (κ1) is 11.7. The predicted octanol–water partition coefficient (Wildman–Crippen LogP) is 2.12. The van der Waals surface area contributed by atoms with Gasteiger partial charge in [0.2, 0.25) is 0 Å². The van der Waals surface area contributed by atoms with Gasteiger partial charge in [0.1, 0.15) is 0 Å². The van der Waals surface area contributed by atoms with Crippen LogP contribution >= 0.6 is 0 Å². The van der Waals surface area contributed by atoms with Crippen molar-refractivity contribution in [1.82, 2.24) is 9.55 Å². The number of hydrogen-bond acceptors (Lipinski definition) is 2. The molecule has 0 saturated carbocycles. The van der Waals surface area contributed by atoms with E-state index in [2.05, 4.69) is 4.98 Å². The molecule has 0 bridgehead atoms. The molecule has 0 radical (unpaired) electrons. The number of carbonyl (C=O) groups is 1. The molecule has 0 aliphatic rings. The number of aromatic carboxylic acids is 1. The fourth-order valence-corrected chi connectivity index (χ4v) is 2.10. The van der Waals surface area contributed by atoms with E-state index in [0.717, 1.165) is 16.6 Å². The number of hydrogen-bond donors (Lipinski definition) is 1. The molecule has 0 aliphatic heterocycles. The van der Waals surface area contributed by atoms with Crippen molar-refractivity contribution in [2.45, 2.75) is 6.54 Å². The molecule has 1 aromatic carbocycles.